The standard InChI is InChI=1S/C27H28O3S/c1-19-5-9-22(10-6-19)25(23-11-7-20(2)8-12-23)15-16-31-24-13-14-26(21(3)17-24)30-18-27(28)29-4/h5-15,17H,16,18H2,1-4H3. The van der Waals surface area contributed by atoms with Crippen LogP contribution < -0.4 is 4.74 Å². The molecule has 0 saturated heterocycles. The molecule has 3 nitrogen and oxygen atoms in total. The lowest BCUT2D eigenvalue weighted by Crippen LogP contribution is -2.12. The minimum absolute atomic E-state index is 0.0803. The second kappa shape index (κ2) is 10.9. The number of ether oxygens (including phenoxy) is 2. The topological polar surface area (TPSA) is 35.5 Å². The Morgan fingerprint density at radius 2 is 1.45 bits per heavy atom. The molecule has 0 aliphatic heterocycles. The van der Waals surface area contributed by atoms with E-state index in [1.54, 1.807) is 11.8 Å². The van der Waals surface area contributed by atoms with E-state index in [4.69, 9.17) is 4.74 Å². The zero-order valence-corrected chi connectivity index (χ0v) is 19.3. The number of hydrogen-bond donors (Lipinski definition) is 0. The van der Waals surface area contributed by atoms with Crippen molar-refractivity contribution in [1.29, 1.82) is 0 Å². The third kappa shape index (κ3) is 6.50. The van der Waals surface area contributed by atoms with E-state index < -0.39 is 0 Å². The van der Waals surface area contributed by atoms with Gasteiger partial charge < -0.3 is 9.47 Å². The number of carbonyl (C=O) groups excluding carboxylic acids is 1. The van der Waals surface area contributed by atoms with Crippen LogP contribution in [0.4, 0.5) is 0 Å². The molecule has 3 rings (SSSR count). The van der Waals surface area contributed by atoms with Crippen molar-refractivity contribution in [3.05, 3.63) is 101 Å². The molecule has 31 heavy (non-hydrogen) atoms. The Labute approximate surface area is 189 Å². The molecular weight excluding hydrogens is 404 g/mol. The number of rotatable bonds is 8. The molecule has 0 radical (unpaired) electrons. The molecule has 0 heterocycles. The monoisotopic (exact) mass is 432 g/mol. The highest BCUT2D eigenvalue weighted by Crippen LogP contribution is 2.29. The molecule has 0 spiro atoms. The zero-order valence-electron chi connectivity index (χ0n) is 18.5. The van der Waals surface area contributed by atoms with Crippen LogP contribution in [0.25, 0.3) is 5.57 Å². The molecule has 0 aromatic heterocycles. The van der Waals surface area contributed by atoms with Crippen molar-refractivity contribution in [2.45, 2.75) is 25.7 Å². The predicted molar refractivity (Wildman–Crippen MR) is 129 cm³/mol. The van der Waals surface area contributed by atoms with Crippen LogP contribution in [0.1, 0.15) is 27.8 Å². The number of carbonyl (C=O) groups is 1. The van der Waals surface area contributed by atoms with Crippen molar-refractivity contribution < 1.29 is 14.3 Å². The van der Waals surface area contributed by atoms with Crippen LogP contribution in [0.15, 0.2) is 77.7 Å². The summed E-state index contributed by atoms with van der Waals surface area (Å²) in [5, 5.41) is 0. The Morgan fingerprint density at radius 1 is 0.871 bits per heavy atom. The minimum Gasteiger partial charge on any atom is -0.482 e. The van der Waals surface area contributed by atoms with Gasteiger partial charge in [-0.1, -0.05) is 65.7 Å². The first-order chi connectivity index (χ1) is 15.0. The number of hydrogen-bond acceptors (Lipinski definition) is 4. The average molecular weight is 433 g/mol. The SMILES string of the molecule is COC(=O)COc1ccc(SCC=C(c2ccc(C)cc2)c2ccc(C)cc2)cc1C. The first kappa shape index (κ1) is 22.7. The van der Waals surface area contributed by atoms with Crippen LogP contribution in [-0.2, 0) is 9.53 Å². The summed E-state index contributed by atoms with van der Waals surface area (Å²) in [5.74, 6) is 1.16. The summed E-state index contributed by atoms with van der Waals surface area (Å²) < 4.78 is 10.1. The number of thioether (sulfide) groups is 1. The van der Waals surface area contributed by atoms with Gasteiger partial charge in [0, 0.05) is 10.6 Å². The van der Waals surface area contributed by atoms with E-state index in [2.05, 4.69) is 79.3 Å². The molecule has 0 unspecified atom stereocenters. The van der Waals surface area contributed by atoms with Gasteiger partial charge in [-0.3, -0.25) is 0 Å². The van der Waals surface area contributed by atoms with Crippen LogP contribution in [-0.4, -0.2) is 25.4 Å². The molecular formula is C27H28O3S. The summed E-state index contributed by atoms with van der Waals surface area (Å²) in [6, 6.07) is 23.4. The molecule has 3 aromatic carbocycles. The lowest BCUT2D eigenvalue weighted by Gasteiger charge is -2.11. The van der Waals surface area contributed by atoms with E-state index in [0.29, 0.717) is 5.75 Å². The third-order valence-electron chi connectivity index (χ3n) is 4.98. The van der Waals surface area contributed by atoms with E-state index in [-0.39, 0.29) is 12.6 Å². The maximum Gasteiger partial charge on any atom is 0.343 e. The van der Waals surface area contributed by atoms with E-state index >= 15 is 0 Å². The summed E-state index contributed by atoms with van der Waals surface area (Å²) in [6.07, 6.45) is 2.29. The van der Waals surface area contributed by atoms with E-state index in [1.165, 1.54) is 34.9 Å². The number of aryl methyl sites for hydroxylation is 3. The first-order valence-corrected chi connectivity index (χ1v) is 11.2. The van der Waals surface area contributed by atoms with Gasteiger partial charge in [-0.25, -0.2) is 4.79 Å². The van der Waals surface area contributed by atoms with Crippen LogP contribution in [0.5, 0.6) is 5.75 Å². The fourth-order valence-corrected chi connectivity index (χ4v) is 4.03. The highest BCUT2D eigenvalue weighted by atomic mass is 32.2. The Morgan fingerprint density at radius 3 is 1.97 bits per heavy atom. The highest BCUT2D eigenvalue weighted by molar-refractivity contribution is 7.99. The molecule has 0 fully saturated rings. The lowest BCUT2D eigenvalue weighted by molar-refractivity contribution is -0.142. The molecule has 0 amide bonds. The Balaban J connectivity index is 1.75. The predicted octanol–water partition coefficient (Wildman–Crippen LogP) is 6.39. The first-order valence-electron chi connectivity index (χ1n) is 10.2. The zero-order chi connectivity index (χ0) is 22.2. The molecule has 0 saturated carbocycles. The van der Waals surface area contributed by atoms with Crippen molar-refractivity contribution in [2.75, 3.05) is 19.5 Å². The van der Waals surface area contributed by atoms with Crippen molar-refractivity contribution in [1.82, 2.24) is 0 Å². The molecule has 0 atom stereocenters. The highest BCUT2D eigenvalue weighted by Gasteiger charge is 2.07. The number of methoxy groups -OCH3 is 1. The van der Waals surface area contributed by atoms with Crippen LogP contribution >= 0.6 is 11.8 Å². The average Bonchev–Trinajstić information content (AvgIpc) is 2.77. The van der Waals surface area contributed by atoms with E-state index in [0.717, 1.165) is 16.2 Å². The fourth-order valence-electron chi connectivity index (χ4n) is 3.16. The van der Waals surface area contributed by atoms with Crippen LogP contribution in [0, 0.1) is 20.8 Å². The van der Waals surface area contributed by atoms with Gasteiger partial charge in [-0.15, -0.1) is 11.8 Å². The van der Waals surface area contributed by atoms with Crippen molar-refractivity contribution in [2.24, 2.45) is 0 Å². The maximum absolute atomic E-state index is 11.3. The maximum atomic E-state index is 11.3. The molecule has 4 heteroatoms. The van der Waals surface area contributed by atoms with Gasteiger partial charge in [0.2, 0.25) is 0 Å². The van der Waals surface area contributed by atoms with Crippen LogP contribution in [0.2, 0.25) is 0 Å². The quantitative estimate of drug-likeness (QED) is 0.305. The lowest BCUT2D eigenvalue weighted by atomic mass is 9.96. The van der Waals surface area contributed by atoms with Crippen molar-refractivity contribution >= 4 is 23.3 Å². The van der Waals surface area contributed by atoms with Crippen LogP contribution in [0.3, 0.4) is 0 Å². The number of esters is 1. The van der Waals surface area contributed by atoms with Gasteiger partial charge in [-0.2, -0.15) is 0 Å². The second-order valence-electron chi connectivity index (χ2n) is 7.45. The van der Waals surface area contributed by atoms with Gasteiger partial charge in [0.25, 0.3) is 0 Å². The molecule has 160 valence electrons. The Hall–Kier alpha value is -2.98. The largest absolute Gasteiger partial charge is 0.482 e. The van der Waals surface area contributed by atoms with E-state index in [9.17, 15) is 4.79 Å². The Kier molecular flexibility index (Phi) is 7.96. The van der Waals surface area contributed by atoms with Gasteiger partial charge in [0.05, 0.1) is 7.11 Å². The summed E-state index contributed by atoms with van der Waals surface area (Å²) in [7, 11) is 1.35. The van der Waals surface area contributed by atoms with Gasteiger partial charge in [0.1, 0.15) is 5.75 Å². The molecule has 0 aliphatic carbocycles. The third-order valence-corrected chi connectivity index (χ3v) is 5.90. The van der Waals surface area contributed by atoms with E-state index in [1.807, 2.05) is 19.1 Å². The van der Waals surface area contributed by atoms with Crippen molar-refractivity contribution in [3.8, 4) is 5.75 Å². The number of benzene rings is 3. The molecule has 0 aliphatic rings. The smallest absolute Gasteiger partial charge is 0.343 e. The summed E-state index contributed by atoms with van der Waals surface area (Å²) >= 11 is 1.77. The fraction of sp³-hybridized carbons (Fsp3) is 0.222. The summed E-state index contributed by atoms with van der Waals surface area (Å²) in [4.78, 5) is 12.4. The summed E-state index contributed by atoms with van der Waals surface area (Å²) in [6.45, 7) is 6.12. The molecule has 3 aromatic rings. The minimum atomic E-state index is -0.386. The van der Waals surface area contributed by atoms with Gasteiger partial charge in [0.15, 0.2) is 6.61 Å². The normalized spacial score (nSPS) is 10.5. The molecule has 0 bridgehead atoms. The van der Waals surface area contributed by atoms with Crippen molar-refractivity contribution in [3.63, 3.8) is 0 Å². The molecule has 0 N–H and O–H groups in total. The second-order valence-corrected chi connectivity index (χ2v) is 8.55. The Bertz CT molecular complexity index is 1000. The van der Waals surface area contributed by atoms with Gasteiger partial charge >= 0.3 is 5.97 Å². The van der Waals surface area contributed by atoms with Gasteiger partial charge in [-0.05, 0) is 61.2 Å². The summed E-state index contributed by atoms with van der Waals surface area (Å²) in [5.41, 5.74) is 7.19.